The molecule has 1 aromatic heterocycles. The van der Waals surface area contributed by atoms with Crippen molar-refractivity contribution in [2.24, 2.45) is 0 Å². The molecule has 0 saturated carbocycles. The quantitative estimate of drug-likeness (QED) is 0.825. The summed E-state index contributed by atoms with van der Waals surface area (Å²) in [6.07, 6.45) is 2.06. The fourth-order valence-electron chi connectivity index (χ4n) is 2.84. The summed E-state index contributed by atoms with van der Waals surface area (Å²) in [7, 11) is 0. The van der Waals surface area contributed by atoms with Crippen LogP contribution < -0.4 is 5.73 Å². The fraction of sp³-hybridized carbons (Fsp3) is 0.750. The van der Waals surface area contributed by atoms with E-state index in [4.69, 9.17) is 10.5 Å². The Morgan fingerprint density at radius 1 is 1.53 bits per heavy atom. The second kappa shape index (κ2) is 4.31. The zero-order valence-corrected chi connectivity index (χ0v) is 10.4. The van der Waals surface area contributed by atoms with E-state index in [1.165, 1.54) is 5.56 Å². The summed E-state index contributed by atoms with van der Waals surface area (Å²) in [6, 6.07) is 0.445. The summed E-state index contributed by atoms with van der Waals surface area (Å²) in [5.74, 6) is 0.867. The van der Waals surface area contributed by atoms with Gasteiger partial charge in [0.1, 0.15) is 5.82 Å². The van der Waals surface area contributed by atoms with Crippen molar-refractivity contribution in [2.45, 2.75) is 32.4 Å². The standard InChI is InChI=1S/C12H20N4O/c1-2-15-5-3-9(7-15)16-12(13)10-4-6-17-8-11(10)14-16/h9H,2-8,13H2,1H3. The number of hydrogen-bond acceptors (Lipinski definition) is 4. The lowest BCUT2D eigenvalue weighted by Crippen LogP contribution is -2.22. The van der Waals surface area contributed by atoms with Gasteiger partial charge in [0, 0.05) is 25.1 Å². The van der Waals surface area contributed by atoms with Crippen LogP contribution in [0.2, 0.25) is 0 Å². The molecule has 1 unspecified atom stereocenters. The van der Waals surface area contributed by atoms with Crippen molar-refractivity contribution >= 4 is 5.82 Å². The van der Waals surface area contributed by atoms with Crippen molar-refractivity contribution < 1.29 is 4.74 Å². The minimum Gasteiger partial charge on any atom is -0.384 e. The van der Waals surface area contributed by atoms with E-state index in [0.717, 1.165) is 50.6 Å². The van der Waals surface area contributed by atoms with Gasteiger partial charge in [-0.3, -0.25) is 0 Å². The molecule has 17 heavy (non-hydrogen) atoms. The molecule has 0 bridgehead atoms. The monoisotopic (exact) mass is 236 g/mol. The molecule has 1 aromatic rings. The Balaban J connectivity index is 1.86. The SMILES string of the molecule is CCN1CCC(n2nc3c(c2N)CCOC3)C1. The minimum absolute atomic E-state index is 0.445. The van der Waals surface area contributed by atoms with Crippen LogP contribution in [-0.2, 0) is 17.8 Å². The first-order chi connectivity index (χ1) is 8.29. The number of nitrogens with zero attached hydrogens (tertiary/aromatic N) is 3. The van der Waals surface area contributed by atoms with Crippen LogP contribution in [-0.4, -0.2) is 40.9 Å². The lowest BCUT2D eigenvalue weighted by molar-refractivity contribution is 0.108. The van der Waals surface area contributed by atoms with Gasteiger partial charge < -0.3 is 15.4 Å². The number of rotatable bonds is 2. The number of aromatic nitrogens is 2. The van der Waals surface area contributed by atoms with E-state index in [1.54, 1.807) is 0 Å². The molecule has 0 radical (unpaired) electrons. The molecule has 0 amide bonds. The van der Waals surface area contributed by atoms with Gasteiger partial charge in [0.05, 0.1) is 24.9 Å². The Bertz CT molecular complexity index is 415. The molecular formula is C12H20N4O. The smallest absolute Gasteiger partial charge is 0.125 e. The Morgan fingerprint density at radius 2 is 2.41 bits per heavy atom. The molecule has 3 rings (SSSR count). The number of nitrogen functional groups attached to an aromatic ring is 1. The van der Waals surface area contributed by atoms with Crippen LogP contribution in [0.4, 0.5) is 5.82 Å². The second-order valence-corrected chi connectivity index (χ2v) is 4.89. The van der Waals surface area contributed by atoms with Gasteiger partial charge >= 0.3 is 0 Å². The highest BCUT2D eigenvalue weighted by atomic mass is 16.5. The molecule has 2 aliphatic heterocycles. The molecule has 3 heterocycles. The highest BCUT2D eigenvalue weighted by Gasteiger charge is 2.28. The molecule has 1 atom stereocenters. The van der Waals surface area contributed by atoms with Crippen molar-refractivity contribution in [3.63, 3.8) is 0 Å². The maximum atomic E-state index is 6.22. The van der Waals surface area contributed by atoms with Crippen LogP contribution in [0.5, 0.6) is 0 Å². The van der Waals surface area contributed by atoms with Crippen LogP contribution in [0, 0.1) is 0 Å². The van der Waals surface area contributed by atoms with Gasteiger partial charge in [-0.25, -0.2) is 4.68 Å². The van der Waals surface area contributed by atoms with Gasteiger partial charge in [-0.1, -0.05) is 6.92 Å². The summed E-state index contributed by atoms with van der Waals surface area (Å²) in [5.41, 5.74) is 8.48. The average Bonchev–Trinajstić information content (AvgIpc) is 2.95. The molecule has 5 heteroatoms. The fourth-order valence-corrected chi connectivity index (χ4v) is 2.84. The van der Waals surface area contributed by atoms with Gasteiger partial charge in [0.25, 0.3) is 0 Å². The van der Waals surface area contributed by atoms with Crippen molar-refractivity contribution in [1.29, 1.82) is 0 Å². The van der Waals surface area contributed by atoms with Crippen molar-refractivity contribution in [3.8, 4) is 0 Å². The van der Waals surface area contributed by atoms with Gasteiger partial charge in [-0.05, 0) is 13.0 Å². The molecule has 0 aliphatic carbocycles. The molecule has 1 saturated heterocycles. The number of anilines is 1. The van der Waals surface area contributed by atoms with Crippen LogP contribution >= 0.6 is 0 Å². The highest BCUT2D eigenvalue weighted by molar-refractivity contribution is 5.44. The van der Waals surface area contributed by atoms with Crippen LogP contribution in [0.3, 0.4) is 0 Å². The van der Waals surface area contributed by atoms with Crippen LogP contribution in [0.1, 0.15) is 30.6 Å². The molecule has 2 N–H and O–H groups in total. The predicted octanol–water partition coefficient (Wildman–Crippen LogP) is 0.805. The number of nitrogens with two attached hydrogens (primary N) is 1. The summed E-state index contributed by atoms with van der Waals surface area (Å²) in [6.45, 7) is 6.93. The minimum atomic E-state index is 0.445. The lowest BCUT2D eigenvalue weighted by Gasteiger charge is -2.14. The van der Waals surface area contributed by atoms with Crippen LogP contribution in [0.15, 0.2) is 0 Å². The highest BCUT2D eigenvalue weighted by Crippen LogP contribution is 2.29. The van der Waals surface area contributed by atoms with Gasteiger partial charge in [0.2, 0.25) is 0 Å². The zero-order valence-electron chi connectivity index (χ0n) is 10.4. The molecule has 0 spiro atoms. The number of likely N-dealkylation sites (tertiary alicyclic amines) is 1. The summed E-state index contributed by atoms with van der Waals surface area (Å²) < 4.78 is 7.46. The number of ether oxygens (including phenoxy) is 1. The largest absolute Gasteiger partial charge is 0.384 e. The molecular weight excluding hydrogens is 216 g/mol. The predicted molar refractivity (Wildman–Crippen MR) is 65.8 cm³/mol. The Hall–Kier alpha value is -1.07. The van der Waals surface area contributed by atoms with E-state index >= 15 is 0 Å². The van der Waals surface area contributed by atoms with Gasteiger partial charge in [-0.15, -0.1) is 0 Å². The molecule has 1 fully saturated rings. The number of hydrogen-bond donors (Lipinski definition) is 1. The average molecular weight is 236 g/mol. The third kappa shape index (κ3) is 1.83. The van der Waals surface area contributed by atoms with Crippen molar-refractivity contribution in [2.75, 3.05) is 32.0 Å². The van der Waals surface area contributed by atoms with E-state index in [1.807, 2.05) is 4.68 Å². The topological polar surface area (TPSA) is 56.3 Å². The van der Waals surface area contributed by atoms with Gasteiger partial charge in [-0.2, -0.15) is 5.10 Å². The van der Waals surface area contributed by atoms with E-state index < -0.39 is 0 Å². The third-order valence-electron chi connectivity index (χ3n) is 3.91. The number of fused-ring (bicyclic) bond motifs is 1. The Morgan fingerprint density at radius 3 is 3.12 bits per heavy atom. The van der Waals surface area contributed by atoms with Crippen molar-refractivity contribution in [1.82, 2.24) is 14.7 Å². The summed E-state index contributed by atoms with van der Waals surface area (Å²) >= 11 is 0. The molecule has 0 aromatic carbocycles. The van der Waals surface area contributed by atoms with Crippen LogP contribution in [0.25, 0.3) is 0 Å². The third-order valence-corrected chi connectivity index (χ3v) is 3.91. The first-order valence-electron chi connectivity index (χ1n) is 6.45. The first-order valence-corrected chi connectivity index (χ1v) is 6.45. The Labute approximate surface area is 102 Å². The zero-order chi connectivity index (χ0) is 11.8. The molecule has 5 nitrogen and oxygen atoms in total. The van der Waals surface area contributed by atoms with E-state index in [2.05, 4.69) is 16.9 Å². The molecule has 2 aliphatic rings. The summed E-state index contributed by atoms with van der Waals surface area (Å²) in [5, 5.41) is 4.64. The number of likely N-dealkylation sites (N-methyl/N-ethyl adjacent to an activating group) is 1. The van der Waals surface area contributed by atoms with E-state index in [0.29, 0.717) is 12.6 Å². The van der Waals surface area contributed by atoms with Gasteiger partial charge in [0.15, 0.2) is 0 Å². The molecule has 94 valence electrons. The second-order valence-electron chi connectivity index (χ2n) is 4.89. The maximum Gasteiger partial charge on any atom is 0.125 e. The van der Waals surface area contributed by atoms with E-state index in [-0.39, 0.29) is 0 Å². The Kier molecular flexibility index (Phi) is 2.80. The normalized spacial score (nSPS) is 25.1. The first kappa shape index (κ1) is 11.0. The summed E-state index contributed by atoms with van der Waals surface area (Å²) in [4.78, 5) is 2.45. The van der Waals surface area contributed by atoms with E-state index in [9.17, 15) is 0 Å². The van der Waals surface area contributed by atoms with Crippen molar-refractivity contribution in [3.05, 3.63) is 11.3 Å². The maximum absolute atomic E-state index is 6.22. The lowest BCUT2D eigenvalue weighted by atomic mass is 10.1.